The summed E-state index contributed by atoms with van der Waals surface area (Å²) >= 11 is 0. The number of allylic oxidation sites excluding steroid dienone is 2. The largest absolute Gasteiger partial charge is 0.497 e. The Hall–Kier alpha value is -3.70. The second-order valence-electron chi connectivity index (χ2n) is 11.0. The molecule has 0 bridgehead atoms. The van der Waals surface area contributed by atoms with E-state index in [0.29, 0.717) is 18.9 Å². The number of benzene rings is 5. The van der Waals surface area contributed by atoms with Crippen LogP contribution in [0.5, 0.6) is 5.75 Å². The van der Waals surface area contributed by atoms with E-state index >= 15 is 0 Å². The summed E-state index contributed by atoms with van der Waals surface area (Å²) in [6.07, 6.45) is 5.38. The minimum atomic E-state index is -0.825. The maximum atomic E-state index is 6.72. The van der Waals surface area contributed by atoms with Crippen molar-refractivity contribution < 1.29 is 9.47 Å². The quantitative estimate of drug-likeness (QED) is 0.189. The summed E-state index contributed by atoms with van der Waals surface area (Å²) in [5.41, 5.74) is 1.68. The van der Waals surface area contributed by atoms with E-state index in [0.717, 1.165) is 30.8 Å². The molecule has 0 amide bonds. The maximum Gasteiger partial charge on any atom is 0.123 e. The Morgan fingerprint density at radius 1 is 0.535 bits per heavy atom. The summed E-state index contributed by atoms with van der Waals surface area (Å²) in [5, 5.41) is 6.91. The Bertz CT molecular complexity index is 1580. The van der Waals surface area contributed by atoms with Crippen LogP contribution >= 0.6 is 15.8 Å². The highest BCUT2D eigenvalue weighted by atomic mass is 31.1. The standard InChI is InChI=1S/C39H36O2P2/c1-5-16-30(17-6-1)42(31-18-7-2-8-19-31)36-26-13-24-34-38(36)39-35(41-29-15-28-40-34)25-14-27-37(39)43(32-20-9-3-10-21-32)33-22-11-4-12-23-33/h1-13,16-26,37,39H,14-15,27-29H2/t37-,39+/m1/s1. The molecule has 0 aromatic heterocycles. The van der Waals surface area contributed by atoms with Crippen LogP contribution in [0.3, 0.4) is 0 Å². The van der Waals surface area contributed by atoms with E-state index in [1.54, 1.807) is 0 Å². The highest BCUT2D eigenvalue weighted by Gasteiger charge is 2.41. The van der Waals surface area contributed by atoms with Crippen LogP contribution in [0.1, 0.15) is 30.7 Å². The van der Waals surface area contributed by atoms with Crippen molar-refractivity contribution in [3.63, 3.8) is 0 Å². The Morgan fingerprint density at radius 3 is 1.65 bits per heavy atom. The molecule has 0 fully saturated rings. The summed E-state index contributed by atoms with van der Waals surface area (Å²) in [4.78, 5) is 0. The van der Waals surface area contributed by atoms with E-state index in [1.165, 1.54) is 32.1 Å². The van der Waals surface area contributed by atoms with E-state index in [-0.39, 0.29) is 5.92 Å². The molecule has 43 heavy (non-hydrogen) atoms. The first-order valence-corrected chi connectivity index (χ1v) is 18.0. The van der Waals surface area contributed by atoms with Gasteiger partial charge in [0.15, 0.2) is 0 Å². The van der Waals surface area contributed by atoms with Crippen molar-refractivity contribution in [3.8, 4) is 5.75 Å². The summed E-state index contributed by atoms with van der Waals surface area (Å²) in [6, 6.07) is 51.2. The van der Waals surface area contributed by atoms with Gasteiger partial charge in [0.05, 0.1) is 19.1 Å². The molecule has 1 heterocycles. The zero-order valence-corrected chi connectivity index (χ0v) is 26.0. The van der Waals surface area contributed by atoms with Crippen molar-refractivity contribution in [2.45, 2.75) is 30.8 Å². The van der Waals surface area contributed by atoms with Crippen LogP contribution in [0.4, 0.5) is 0 Å². The van der Waals surface area contributed by atoms with Crippen molar-refractivity contribution >= 4 is 42.4 Å². The van der Waals surface area contributed by atoms with Gasteiger partial charge in [0.1, 0.15) is 11.5 Å². The maximum absolute atomic E-state index is 6.72. The Morgan fingerprint density at radius 2 is 1.07 bits per heavy atom. The molecule has 0 spiro atoms. The fourth-order valence-corrected chi connectivity index (χ4v) is 12.1. The van der Waals surface area contributed by atoms with Crippen LogP contribution in [0.25, 0.3) is 0 Å². The van der Waals surface area contributed by atoms with E-state index in [4.69, 9.17) is 9.47 Å². The van der Waals surface area contributed by atoms with Gasteiger partial charge >= 0.3 is 0 Å². The van der Waals surface area contributed by atoms with Crippen molar-refractivity contribution in [1.82, 2.24) is 0 Å². The molecule has 1 aliphatic heterocycles. The zero-order valence-electron chi connectivity index (χ0n) is 24.3. The summed E-state index contributed by atoms with van der Waals surface area (Å²) in [6.45, 7) is 1.33. The fourth-order valence-electron chi connectivity index (χ4n) is 6.53. The SMILES string of the molecule is C1=C2OCCCOc3cccc(P(c4ccccc4)c4ccccc4)c3[C@@H]2[C@H](P(c2ccccc2)c2ccccc2)CC1. The van der Waals surface area contributed by atoms with E-state index < -0.39 is 15.8 Å². The number of rotatable bonds is 6. The van der Waals surface area contributed by atoms with Gasteiger partial charge in [0.2, 0.25) is 0 Å². The van der Waals surface area contributed by atoms with Crippen LogP contribution in [-0.4, -0.2) is 18.9 Å². The molecule has 7 rings (SSSR count). The third-order valence-corrected chi connectivity index (χ3v) is 13.8. The predicted molar refractivity (Wildman–Crippen MR) is 184 cm³/mol. The lowest BCUT2D eigenvalue weighted by Gasteiger charge is -2.40. The van der Waals surface area contributed by atoms with Crippen LogP contribution in [-0.2, 0) is 4.74 Å². The molecule has 2 atom stereocenters. The third kappa shape index (κ3) is 5.92. The monoisotopic (exact) mass is 598 g/mol. The first kappa shape index (κ1) is 28.1. The van der Waals surface area contributed by atoms with E-state index in [9.17, 15) is 0 Å². The van der Waals surface area contributed by atoms with Gasteiger partial charge in [-0.05, 0) is 67.3 Å². The van der Waals surface area contributed by atoms with Crippen molar-refractivity contribution in [2.24, 2.45) is 0 Å². The first-order chi connectivity index (χ1) is 21.4. The molecule has 0 saturated carbocycles. The highest BCUT2D eigenvalue weighted by Crippen LogP contribution is 2.55. The second kappa shape index (κ2) is 13.3. The number of hydrogen-bond acceptors (Lipinski definition) is 2. The van der Waals surface area contributed by atoms with E-state index in [2.05, 4.69) is 146 Å². The van der Waals surface area contributed by atoms with Crippen LogP contribution in [0.15, 0.2) is 151 Å². The van der Waals surface area contributed by atoms with Crippen LogP contribution in [0, 0.1) is 0 Å². The number of hydrogen-bond donors (Lipinski definition) is 0. The molecule has 0 saturated heterocycles. The van der Waals surface area contributed by atoms with Crippen LogP contribution in [0.2, 0.25) is 0 Å². The highest BCUT2D eigenvalue weighted by molar-refractivity contribution is 7.80. The molecular weight excluding hydrogens is 562 g/mol. The minimum Gasteiger partial charge on any atom is -0.497 e. The van der Waals surface area contributed by atoms with Gasteiger partial charge in [-0.3, -0.25) is 0 Å². The summed E-state index contributed by atoms with van der Waals surface area (Å²) in [7, 11) is -1.50. The van der Waals surface area contributed by atoms with Gasteiger partial charge < -0.3 is 9.47 Å². The normalized spacial score (nSPS) is 18.2. The Balaban J connectivity index is 1.47. The second-order valence-corrected chi connectivity index (χ2v) is 15.6. The van der Waals surface area contributed by atoms with Gasteiger partial charge in [-0.25, -0.2) is 0 Å². The van der Waals surface area contributed by atoms with E-state index in [1.807, 2.05) is 0 Å². The average molecular weight is 599 g/mol. The summed E-state index contributed by atoms with van der Waals surface area (Å²) in [5.74, 6) is 2.24. The lowest BCUT2D eigenvalue weighted by Crippen LogP contribution is -2.34. The molecule has 4 heteroatoms. The number of ether oxygens (including phenoxy) is 2. The molecule has 2 aliphatic rings. The molecular formula is C39H36O2P2. The summed E-state index contributed by atoms with van der Waals surface area (Å²) < 4.78 is 13.4. The molecule has 214 valence electrons. The molecule has 2 nitrogen and oxygen atoms in total. The minimum absolute atomic E-state index is 0.0991. The van der Waals surface area contributed by atoms with Gasteiger partial charge in [-0.1, -0.05) is 133 Å². The number of fused-ring (bicyclic) bond motifs is 3. The molecule has 5 aromatic carbocycles. The van der Waals surface area contributed by atoms with Gasteiger partial charge in [0, 0.05) is 17.6 Å². The lowest BCUT2D eigenvalue weighted by molar-refractivity contribution is 0.172. The third-order valence-electron chi connectivity index (χ3n) is 8.34. The first-order valence-electron chi connectivity index (χ1n) is 15.3. The molecule has 0 radical (unpaired) electrons. The molecule has 0 N–H and O–H groups in total. The van der Waals surface area contributed by atoms with Crippen molar-refractivity contribution in [3.05, 3.63) is 157 Å². The Kier molecular flexibility index (Phi) is 8.69. The molecule has 0 unspecified atom stereocenters. The van der Waals surface area contributed by atoms with Crippen molar-refractivity contribution in [1.29, 1.82) is 0 Å². The zero-order chi connectivity index (χ0) is 28.8. The Labute approximate surface area is 257 Å². The molecule has 1 aliphatic carbocycles. The van der Waals surface area contributed by atoms with Crippen molar-refractivity contribution in [2.75, 3.05) is 13.2 Å². The van der Waals surface area contributed by atoms with Gasteiger partial charge in [0.25, 0.3) is 0 Å². The smallest absolute Gasteiger partial charge is 0.123 e. The fraction of sp³-hybridized carbons (Fsp3) is 0.179. The predicted octanol–water partition coefficient (Wildman–Crippen LogP) is 7.51. The van der Waals surface area contributed by atoms with Gasteiger partial charge in [-0.2, -0.15) is 0 Å². The topological polar surface area (TPSA) is 18.5 Å². The molecule has 5 aromatic rings. The average Bonchev–Trinajstić information content (AvgIpc) is 3.17. The van der Waals surface area contributed by atoms with Crippen LogP contribution < -0.4 is 31.3 Å². The lowest BCUT2D eigenvalue weighted by atomic mass is 9.86. The van der Waals surface area contributed by atoms with Gasteiger partial charge in [-0.15, -0.1) is 0 Å².